The van der Waals surface area contributed by atoms with Crippen molar-refractivity contribution in [2.45, 2.75) is 0 Å². The van der Waals surface area contributed by atoms with Crippen molar-refractivity contribution in [3.8, 4) is 17.0 Å². The van der Waals surface area contributed by atoms with Gasteiger partial charge in [0, 0.05) is 47.5 Å². The fourth-order valence-corrected chi connectivity index (χ4v) is 3.95. The van der Waals surface area contributed by atoms with Gasteiger partial charge in [-0.1, -0.05) is 24.8 Å². The van der Waals surface area contributed by atoms with Gasteiger partial charge in [-0.25, -0.2) is 9.97 Å². The van der Waals surface area contributed by atoms with E-state index in [1.165, 1.54) is 6.08 Å². The molecule has 7 nitrogen and oxygen atoms in total. The third-order valence-corrected chi connectivity index (χ3v) is 5.50. The van der Waals surface area contributed by atoms with E-state index in [0.29, 0.717) is 17.4 Å². The number of hydrogen-bond donors (Lipinski definition) is 1. The molecule has 0 spiro atoms. The summed E-state index contributed by atoms with van der Waals surface area (Å²) in [5, 5.41) is 5.26. The average molecular weight is 423 g/mol. The minimum absolute atomic E-state index is 0.203. The van der Waals surface area contributed by atoms with Crippen LogP contribution in [0.25, 0.3) is 33.1 Å². The molecule has 7 heteroatoms. The SMILES string of the molecule is C=CC(=O)n1ccc2cc(OC)c(Nc3nccc(-c4cn(C)c5ccccc45)n3)cc21. The maximum Gasteiger partial charge on any atom is 0.254 e. The molecule has 0 aliphatic rings. The van der Waals surface area contributed by atoms with Gasteiger partial charge < -0.3 is 14.6 Å². The summed E-state index contributed by atoms with van der Waals surface area (Å²) in [6.07, 6.45) is 6.79. The van der Waals surface area contributed by atoms with Crippen LogP contribution in [-0.4, -0.2) is 32.1 Å². The molecular weight excluding hydrogens is 402 g/mol. The number of carbonyl (C=O) groups is 1. The molecule has 2 aromatic carbocycles. The predicted octanol–water partition coefficient (Wildman–Crippen LogP) is 5.17. The van der Waals surface area contributed by atoms with E-state index in [9.17, 15) is 4.79 Å². The zero-order valence-electron chi connectivity index (χ0n) is 17.7. The smallest absolute Gasteiger partial charge is 0.254 e. The zero-order chi connectivity index (χ0) is 22.2. The van der Waals surface area contributed by atoms with Gasteiger partial charge in [0.15, 0.2) is 0 Å². The van der Waals surface area contributed by atoms with E-state index in [2.05, 4.69) is 39.8 Å². The lowest BCUT2D eigenvalue weighted by Crippen LogP contribution is -2.05. The van der Waals surface area contributed by atoms with E-state index in [-0.39, 0.29) is 5.91 Å². The summed E-state index contributed by atoms with van der Waals surface area (Å²) in [5.41, 5.74) is 4.37. The Morgan fingerprint density at radius 1 is 1.16 bits per heavy atom. The van der Waals surface area contributed by atoms with E-state index in [1.807, 2.05) is 43.4 Å². The van der Waals surface area contributed by atoms with Crippen molar-refractivity contribution in [1.29, 1.82) is 0 Å². The Bertz CT molecular complexity index is 1500. The number of fused-ring (bicyclic) bond motifs is 2. The second-order valence-corrected chi connectivity index (χ2v) is 7.40. The first-order valence-corrected chi connectivity index (χ1v) is 10.1. The summed E-state index contributed by atoms with van der Waals surface area (Å²) in [6.45, 7) is 3.58. The standard InChI is InChI=1S/C25H21N5O2/c1-4-24(31)30-12-10-16-13-23(32-3)20(14-22(16)30)28-25-26-11-9-19(27-25)18-15-29(2)21-8-6-5-7-17(18)21/h4-15H,1H2,2-3H3,(H,26,27,28). The van der Waals surface area contributed by atoms with Crippen LogP contribution in [0.5, 0.6) is 5.75 Å². The Hall–Kier alpha value is -4.39. The molecule has 0 aliphatic heterocycles. The molecule has 5 aromatic rings. The van der Waals surface area contributed by atoms with Crippen molar-refractivity contribution in [2.24, 2.45) is 7.05 Å². The van der Waals surface area contributed by atoms with Crippen molar-refractivity contribution >= 4 is 39.3 Å². The van der Waals surface area contributed by atoms with Crippen LogP contribution < -0.4 is 10.1 Å². The minimum Gasteiger partial charge on any atom is -0.495 e. The number of aromatic nitrogens is 4. The molecule has 0 radical (unpaired) electrons. The number of hydrogen-bond acceptors (Lipinski definition) is 5. The van der Waals surface area contributed by atoms with E-state index >= 15 is 0 Å². The highest BCUT2D eigenvalue weighted by molar-refractivity contribution is 6.00. The van der Waals surface area contributed by atoms with Gasteiger partial charge >= 0.3 is 0 Å². The fourth-order valence-electron chi connectivity index (χ4n) is 3.95. The third kappa shape index (κ3) is 3.20. The van der Waals surface area contributed by atoms with Crippen molar-refractivity contribution in [2.75, 3.05) is 12.4 Å². The molecule has 0 saturated heterocycles. The minimum atomic E-state index is -0.203. The second kappa shape index (κ2) is 7.70. The summed E-state index contributed by atoms with van der Waals surface area (Å²) in [5.74, 6) is 0.854. The number of nitrogens with zero attached hydrogens (tertiary/aromatic N) is 4. The number of aryl methyl sites for hydroxylation is 1. The number of methoxy groups -OCH3 is 1. The zero-order valence-corrected chi connectivity index (χ0v) is 17.7. The number of nitrogens with one attached hydrogen (secondary N) is 1. The van der Waals surface area contributed by atoms with Gasteiger partial charge in [0.1, 0.15) is 5.75 Å². The van der Waals surface area contributed by atoms with E-state index in [0.717, 1.165) is 33.1 Å². The molecule has 0 fully saturated rings. The van der Waals surface area contributed by atoms with Gasteiger partial charge in [-0.05, 0) is 36.4 Å². The average Bonchev–Trinajstić information content (AvgIpc) is 3.39. The molecule has 0 saturated carbocycles. The summed E-state index contributed by atoms with van der Waals surface area (Å²) in [6, 6.07) is 15.7. The van der Waals surface area contributed by atoms with Gasteiger partial charge in [0.25, 0.3) is 5.91 Å². The van der Waals surface area contributed by atoms with Crippen LogP contribution in [0.2, 0.25) is 0 Å². The van der Waals surface area contributed by atoms with E-state index < -0.39 is 0 Å². The number of ether oxygens (including phenoxy) is 1. The Balaban J connectivity index is 1.57. The van der Waals surface area contributed by atoms with Crippen LogP contribution in [0.4, 0.5) is 11.6 Å². The lowest BCUT2D eigenvalue weighted by molar-refractivity contribution is 0.0974. The van der Waals surface area contributed by atoms with E-state index in [1.54, 1.807) is 24.1 Å². The van der Waals surface area contributed by atoms with Gasteiger partial charge in [-0.3, -0.25) is 9.36 Å². The molecule has 3 aromatic heterocycles. The lowest BCUT2D eigenvalue weighted by Gasteiger charge is -2.12. The molecule has 1 N–H and O–H groups in total. The summed E-state index contributed by atoms with van der Waals surface area (Å²) in [4.78, 5) is 21.3. The van der Waals surface area contributed by atoms with Crippen molar-refractivity contribution in [3.63, 3.8) is 0 Å². The van der Waals surface area contributed by atoms with Crippen LogP contribution in [0.3, 0.4) is 0 Å². The normalized spacial score (nSPS) is 11.1. The van der Waals surface area contributed by atoms with Crippen LogP contribution in [-0.2, 0) is 7.05 Å². The van der Waals surface area contributed by atoms with Crippen molar-refractivity contribution in [1.82, 2.24) is 19.1 Å². The number of anilines is 2. The number of para-hydroxylation sites is 1. The van der Waals surface area contributed by atoms with Crippen molar-refractivity contribution in [3.05, 3.63) is 79.8 Å². The maximum absolute atomic E-state index is 12.2. The molecule has 0 unspecified atom stereocenters. The number of allylic oxidation sites excluding steroid dienone is 1. The van der Waals surface area contributed by atoms with Crippen LogP contribution in [0, 0.1) is 0 Å². The van der Waals surface area contributed by atoms with Gasteiger partial charge in [-0.2, -0.15) is 0 Å². The largest absolute Gasteiger partial charge is 0.495 e. The second-order valence-electron chi connectivity index (χ2n) is 7.40. The van der Waals surface area contributed by atoms with Gasteiger partial charge in [0.2, 0.25) is 5.95 Å². The molecule has 0 aliphatic carbocycles. The quantitative estimate of drug-likeness (QED) is 0.395. The Morgan fingerprint density at radius 3 is 2.81 bits per heavy atom. The Kier molecular flexibility index (Phi) is 4.71. The Labute approximate surface area is 184 Å². The number of benzene rings is 2. The molecule has 5 rings (SSSR count). The molecular formula is C25H21N5O2. The fraction of sp³-hybridized carbons (Fsp3) is 0.0800. The lowest BCUT2D eigenvalue weighted by atomic mass is 10.1. The van der Waals surface area contributed by atoms with Gasteiger partial charge in [0.05, 0.1) is 24.0 Å². The third-order valence-electron chi connectivity index (χ3n) is 5.50. The van der Waals surface area contributed by atoms with Crippen LogP contribution in [0.15, 0.2) is 79.8 Å². The summed E-state index contributed by atoms with van der Waals surface area (Å²) in [7, 11) is 3.62. The predicted molar refractivity (Wildman–Crippen MR) is 127 cm³/mol. The first-order valence-electron chi connectivity index (χ1n) is 10.1. The highest BCUT2D eigenvalue weighted by Crippen LogP contribution is 2.34. The molecule has 0 bridgehead atoms. The number of rotatable bonds is 5. The molecule has 158 valence electrons. The highest BCUT2D eigenvalue weighted by atomic mass is 16.5. The van der Waals surface area contributed by atoms with Crippen LogP contribution >= 0.6 is 0 Å². The molecule has 0 atom stereocenters. The summed E-state index contributed by atoms with van der Waals surface area (Å²) < 4.78 is 9.19. The van der Waals surface area contributed by atoms with E-state index in [4.69, 9.17) is 9.72 Å². The topological polar surface area (TPSA) is 74.0 Å². The summed E-state index contributed by atoms with van der Waals surface area (Å²) >= 11 is 0. The number of carbonyl (C=O) groups excluding carboxylic acids is 1. The molecule has 32 heavy (non-hydrogen) atoms. The monoisotopic (exact) mass is 423 g/mol. The van der Waals surface area contributed by atoms with Gasteiger partial charge in [-0.15, -0.1) is 0 Å². The van der Waals surface area contributed by atoms with Crippen LogP contribution in [0.1, 0.15) is 4.79 Å². The Morgan fingerprint density at radius 2 is 2.00 bits per heavy atom. The van der Waals surface area contributed by atoms with Crippen molar-refractivity contribution < 1.29 is 9.53 Å². The molecule has 0 amide bonds. The highest BCUT2D eigenvalue weighted by Gasteiger charge is 2.14. The maximum atomic E-state index is 12.2. The first kappa shape index (κ1) is 19.6. The molecule has 3 heterocycles. The first-order chi connectivity index (χ1) is 15.6.